The van der Waals surface area contributed by atoms with Gasteiger partial charge in [0.25, 0.3) is 0 Å². The molecule has 0 bridgehead atoms. The van der Waals surface area contributed by atoms with Gasteiger partial charge in [-0.25, -0.2) is 9.39 Å². The van der Waals surface area contributed by atoms with Gasteiger partial charge in [0.05, 0.1) is 0 Å². The number of rotatable bonds is 6. The summed E-state index contributed by atoms with van der Waals surface area (Å²) < 4.78 is 4.35. The maximum absolute atomic E-state index is 5.91. The summed E-state index contributed by atoms with van der Waals surface area (Å²) in [5, 5.41) is 0.393. The highest BCUT2D eigenvalue weighted by atomic mass is 32.2. The number of amidine groups is 1. The third-order valence-electron chi connectivity index (χ3n) is 4.44. The van der Waals surface area contributed by atoms with Crippen LogP contribution in [0.5, 0.6) is 0 Å². The van der Waals surface area contributed by atoms with E-state index in [1.807, 2.05) is 32.1 Å². The summed E-state index contributed by atoms with van der Waals surface area (Å²) in [6.07, 6.45) is 14.2. The van der Waals surface area contributed by atoms with Crippen LogP contribution in [0.1, 0.15) is 39.2 Å². The molecular weight excluding hydrogens is 326 g/mol. The lowest BCUT2D eigenvalue weighted by Gasteiger charge is -2.32. The van der Waals surface area contributed by atoms with E-state index in [2.05, 4.69) is 58.8 Å². The van der Waals surface area contributed by atoms with E-state index in [-0.39, 0.29) is 5.41 Å². The smallest absolute Gasteiger partial charge is 0.128 e. The minimum absolute atomic E-state index is 0.124. The molecule has 0 radical (unpaired) electrons. The van der Waals surface area contributed by atoms with Crippen molar-refractivity contribution in [3.63, 3.8) is 0 Å². The number of allylic oxidation sites excluding steroid dienone is 4. The van der Waals surface area contributed by atoms with Crippen molar-refractivity contribution in [3.05, 3.63) is 71.8 Å². The molecule has 4 heteroatoms. The molecule has 0 aromatic heterocycles. The van der Waals surface area contributed by atoms with Crippen LogP contribution in [0.2, 0.25) is 0 Å². The number of hydrogen-bond donors (Lipinski definition) is 1. The van der Waals surface area contributed by atoms with Crippen LogP contribution in [0.15, 0.2) is 75.7 Å². The van der Waals surface area contributed by atoms with Gasteiger partial charge in [0.2, 0.25) is 0 Å². The van der Waals surface area contributed by atoms with E-state index in [0.29, 0.717) is 11.1 Å². The number of benzene rings is 1. The van der Waals surface area contributed by atoms with Crippen LogP contribution in [-0.4, -0.2) is 17.4 Å². The topological polar surface area (TPSA) is 50.7 Å². The first kappa shape index (κ1) is 19.3. The molecule has 2 N–H and O–H groups in total. The van der Waals surface area contributed by atoms with Gasteiger partial charge in [-0.05, 0) is 49.8 Å². The van der Waals surface area contributed by atoms with Gasteiger partial charge in [-0.1, -0.05) is 67.6 Å². The fourth-order valence-corrected chi connectivity index (χ4v) is 3.34. The standard InChI is InChI=1S/C21H27N3S/c1-4-5-9-17(2)20(22)23-16-24-25-19-12-14-21(3,15-13-19)18-10-7-6-8-11-18/h4-12,14,16,19H,13,15H2,1-3H3,(H2,22,23,24)/b5-4-,17-9+/t19?,21-/m0/s1. The van der Waals surface area contributed by atoms with E-state index in [9.17, 15) is 0 Å². The minimum atomic E-state index is 0.124. The molecule has 132 valence electrons. The highest BCUT2D eigenvalue weighted by Crippen LogP contribution is 2.37. The van der Waals surface area contributed by atoms with Gasteiger partial charge in [0, 0.05) is 10.7 Å². The number of nitrogens with two attached hydrogens (primary N) is 1. The molecule has 0 amide bonds. The summed E-state index contributed by atoms with van der Waals surface area (Å²) in [6, 6.07) is 10.7. The monoisotopic (exact) mass is 353 g/mol. The Morgan fingerprint density at radius 1 is 1.32 bits per heavy atom. The number of aliphatic imine (C=N–C) groups is 1. The Morgan fingerprint density at radius 3 is 2.72 bits per heavy atom. The molecule has 0 spiro atoms. The van der Waals surface area contributed by atoms with Crippen molar-refractivity contribution in [2.45, 2.75) is 44.3 Å². The summed E-state index contributed by atoms with van der Waals surface area (Å²) >= 11 is 1.55. The average molecular weight is 354 g/mol. The van der Waals surface area contributed by atoms with Gasteiger partial charge in [-0.3, -0.25) is 0 Å². The average Bonchev–Trinajstić information content (AvgIpc) is 2.65. The SMILES string of the molecule is C/C=C\C=C(/C)C(N)=NC=NSC1C=C[C@](C)(c2ccccc2)CC1. The van der Waals surface area contributed by atoms with Crippen LogP contribution in [-0.2, 0) is 5.41 Å². The maximum atomic E-state index is 5.91. The predicted molar refractivity (Wildman–Crippen MR) is 112 cm³/mol. The molecule has 1 unspecified atom stereocenters. The Balaban J connectivity index is 1.90. The molecule has 0 aliphatic heterocycles. The lowest BCUT2D eigenvalue weighted by Crippen LogP contribution is -2.24. The molecule has 1 aromatic carbocycles. The zero-order valence-corrected chi connectivity index (χ0v) is 16.0. The van der Waals surface area contributed by atoms with Gasteiger partial charge in [-0.2, -0.15) is 0 Å². The molecule has 0 saturated heterocycles. The fraction of sp³-hybridized carbons (Fsp3) is 0.333. The van der Waals surface area contributed by atoms with Crippen molar-refractivity contribution in [1.29, 1.82) is 0 Å². The van der Waals surface area contributed by atoms with Crippen LogP contribution in [0, 0.1) is 0 Å². The van der Waals surface area contributed by atoms with Crippen LogP contribution < -0.4 is 5.73 Å². The molecule has 1 aliphatic carbocycles. The van der Waals surface area contributed by atoms with Crippen LogP contribution in [0.3, 0.4) is 0 Å². The Morgan fingerprint density at radius 2 is 2.08 bits per heavy atom. The maximum Gasteiger partial charge on any atom is 0.128 e. The van der Waals surface area contributed by atoms with Crippen molar-refractivity contribution in [2.75, 3.05) is 0 Å². The second-order valence-electron chi connectivity index (χ2n) is 6.44. The highest BCUT2D eigenvalue weighted by Gasteiger charge is 2.28. The van der Waals surface area contributed by atoms with Crippen molar-refractivity contribution in [3.8, 4) is 0 Å². The molecule has 0 saturated carbocycles. The summed E-state index contributed by atoms with van der Waals surface area (Å²) in [7, 11) is 0. The molecular formula is C21H27N3S. The first-order valence-electron chi connectivity index (χ1n) is 8.61. The number of hydrogen-bond acceptors (Lipinski definition) is 2. The van der Waals surface area contributed by atoms with E-state index in [1.54, 1.807) is 18.3 Å². The van der Waals surface area contributed by atoms with E-state index in [1.165, 1.54) is 5.56 Å². The van der Waals surface area contributed by atoms with Crippen molar-refractivity contribution in [2.24, 2.45) is 15.1 Å². The summed E-state index contributed by atoms with van der Waals surface area (Å²) in [5.41, 5.74) is 8.34. The lowest BCUT2D eigenvalue weighted by molar-refractivity contribution is 0.500. The Kier molecular flexibility index (Phi) is 7.26. The van der Waals surface area contributed by atoms with E-state index < -0.39 is 0 Å². The van der Waals surface area contributed by atoms with Gasteiger partial charge in [0.1, 0.15) is 12.2 Å². The van der Waals surface area contributed by atoms with Crippen LogP contribution in [0.25, 0.3) is 0 Å². The first-order chi connectivity index (χ1) is 12.0. The van der Waals surface area contributed by atoms with Crippen LogP contribution >= 0.6 is 11.9 Å². The normalized spacial score (nSPS) is 25.2. The molecule has 1 aliphatic rings. The van der Waals surface area contributed by atoms with Gasteiger partial charge in [-0.15, -0.1) is 0 Å². The van der Waals surface area contributed by atoms with Crippen molar-refractivity contribution < 1.29 is 0 Å². The molecule has 2 atom stereocenters. The molecule has 0 fully saturated rings. The predicted octanol–water partition coefficient (Wildman–Crippen LogP) is 5.22. The Hall–Kier alpha value is -2.07. The molecule has 3 nitrogen and oxygen atoms in total. The van der Waals surface area contributed by atoms with Gasteiger partial charge >= 0.3 is 0 Å². The summed E-state index contributed by atoms with van der Waals surface area (Å²) in [6.45, 7) is 6.21. The van der Waals surface area contributed by atoms with Crippen molar-refractivity contribution in [1.82, 2.24) is 0 Å². The molecule has 2 rings (SSSR count). The van der Waals surface area contributed by atoms with E-state index in [4.69, 9.17) is 5.73 Å². The zero-order valence-electron chi connectivity index (χ0n) is 15.2. The van der Waals surface area contributed by atoms with E-state index in [0.717, 1.165) is 18.4 Å². The van der Waals surface area contributed by atoms with Crippen molar-refractivity contribution >= 4 is 24.1 Å². The van der Waals surface area contributed by atoms with Crippen LogP contribution in [0.4, 0.5) is 0 Å². The van der Waals surface area contributed by atoms with E-state index >= 15 is 0 Å². The molecule has 25 heavy (non-hydrogen) atoms. The second kappa shape index (κ2) is 9.42. The zero-order chi connectivity index (χ0) is 18.1. The summed E-state index contributed by atoms with van der Waals surface area (Å²) in [5.74, 6) is 0.498. The third kappa shape index (κ3) is 5.75. The quantitative estimate of drug-likeness (QED) is 0.251. The Labute approximate surface area is 155 Å². The number of nitrogens with zero attached hydrogens (tertiary/aromatic N) is 2. The lowest BCUT2D eigenvalue weighted by atomic mass is 9.75. The third-order valence-corrected chi connectivity index (χ3v) is 5.32. The largest absolute Gasteiger partial charge is 0.383 e. The van der Waals surface area contributed by atoms with Gasteiger partial charge < -0.3 is 5.73 Å². The van der Waals surface area contributed by atoms with Gasteiger partial charge in [0.15, 0.2) is 0 Å². The summed E-state index contributed by atoms with van der Waals surface area (Å²) in [4.78, 5) is 4.19. The molecule has 1 aromatic rings. The fourth-order valence-electron chi connectivity index (χ4n) is 2.71. The Bertz CT molecular complexity index is 701. The molecule has 0 heterocycles. The minimum Gasteiger partial charge on any atom is -0.383 e. The highest BCUT2D eigenvalue weighted by molar-refractivity contribution is 7.98. The second-order valence-corrected chi connectivity index (χ2v) is 7.46. The first-order valence-corrected chi connectivity index (χ1v) is 9.44.